The number of rotatable bonds is 7. The van der Waals surface area contributed by atoms with E-state index in [1.165, 1.54) is 0 Å². The summed E-state index contributed by atoms with van der Waals surface area (Å²) in [4.78, 5) is 16.4. The number of aryl methyl sites for hydroxylation is 2. The number of benzene rings is 1. The van der Waals surface area contributed by atoms with Crippen molar-refractivity contribution in [1.82, 2.24) is 30.4 Å². The largest absolute Gasteiger partial charge is 0.459 e. The molecule has 1 atom stereocenters. The summed E-state index contributed by atoms with van der Waals surface area (Å²) in [5.41, 5.74) is 3.18. The lowest BCUT2D eigenvalue weighted by Crippen LogP contribution is -2.44. The summed E-state index contributed by atoms with van der Waals surface area (Å²) in [6, 6.07) is 5.89. The van der Waals surface area contributed by atoms with E-state index in [2.05, 4.69) is 33.6 Å². The number of para-hydroxylation sites is 1. The number of aromatic amines is 1. The molecule has 3 aromatic rings. The predicted molar refractivity (Wildman–Crippen MR) is 102 cm³/mol. The zero-order chi connectivity index (χ0) is 19.6. The topological polar surface area (TPSA) is 91.2 Å². The first-order chi connectivity index (χ1) is 12.9. The van der Waals surface area contributed by atoms with Crippen molar-refractivity contribution in [3.05, 3.63) is 40.9 Å². The molecule has 1 N–H and O–H groups in total. The van der Waals surface area contributed by atoms with Gasteiger partial charge in [0.2, 0.25) is 5.91 Å². The molecule has 144 valence electrons. The summed E-state index contributed by atoms with van der Waals surface area (Å²) in [6.07, 6.45) is 0.567. The van der Waals surface area contributed by atoms with Gasteiger partial charge in [0.15, 0.2) is 5.82 Å². The summed E-state index contributed by atoms with van der Waals surface area (Å²) in [6.45, 7) is 7.14. The Kier molecular flexibility index (Phi) is 5.55. The van der Waals surface area contributed by atoms with Crippen LogP contribution in [0.25, 0.3) is 11.0 Å². The van der Waals surface area contributed by atoms with Crippen molar-refractivity contribution < 1.29 is 9.21 Å². The fourth-order valence-corrected chi connectivity index (χ4v) is 3.12. The van der Waals surface area contributed by atoms with Gasteiger partial charge in [0.25, 0.3) is 0 Å². The number of carbonyl (C=O) groups is 1. The first-order valence-electron chi connectivity index (χ1n) is 9.03. The van der Waals surface area contributed by atoms with E-state index in [0.717, 1.165) is 27.9 Å². The van der Waals surface area contributed by atoms with Crippen LogP contribution in [0.5, 0.6) is 0 Å². The highest BCUT2D eigenvalue weighted by atomic mass is 16.3. The highest BCUT2D eigenvalue weighted by Gasteiger charge is 2.24. The van der Waals surface area contributed by atoms with Crippen molar-refractivity contribution in [1.29, 1.82) is 0 Å². The van der Waals surface area contributed by atoms with E-state index in [0.29, 0.717) is 25.3 Å². The highest BCUT2D eigenvalue weighted by molar-refractivity contribution is 5.84. The molecule has 0 aliphatic rings. The summed E-state index contributed by atoms with van der Waals surface area (Å²) >= 11 is 0. The number of tetrazole rings is 1. The number of nitrogens with one attached hydrogen (secondary N) is 1. The van der Waals surface area contributed by atoms with E-state index in [1.54, 1.807) is 11.9 Å². The molecule has 1 amide bonds. The minimum atomic E-state index is -0.269. The fourth-order valence-electron chi connectivity index (χ4n) is 3.12. The van der Waals surface area contributed by atoms with E-state index in [1.807, 2.05) is 37.9 Å². The molecular formula is C19H26N6O2. The van der Waals surface area contributed by atoms with Crippen LogP contribution >= 0.6 is 0 Å². The third-order valence-corrected chi connectivity index (χ3v) is 5.11. The van der Waals surface area contributed by atoms with Crippen LogP contribution in [0.15, 0.2) is 22.6 Å². The maximum absolute atomic E-state index is 12.7. The third kappa shape index (κ3) is 4.00. The Labute approximate surface area is 158 Å². The van der Waals surface area contributed by atoms with Crippen molar-refractivity contribution in [2.24, 2.45) is 0 Å². The molecule has 0 spiro atoms. The molecule has 2 aromatic heterocycles. The second-order valence-electron chi connectivity index (χ2n) is 7.03. The zero-order valence-electron chi connectivity index (χ0n) is 16.5. The number of fused-ring (bicyclic) bond motifs is 1. The van der Waals surface area contributed by atoms with Crippen molar-refractivity contribution in [3.8, 4) is 0 Å². The zero-order valence-corrected chi connectivity index (χ0v) is 16.5. The Balaban J connectivity index is 1.64. The van der Waals surface area contributed by atoms with Crippen LogP contribution in [0, 0.1) is 13.8 Å². The second kappa shape index (κ2) is 7.87. The SMILES string of the molecule is Cc1c(CN(C)C(C)C(=O)N(C)CCc2nn[nH]n2)oc2c(C)cccc12. The third-order valence-electron chi connectivity index (χ3n) is 5.11. The lowest BCUT2D eigenvalue weighted by Gasteiger charge is -2.27. The molecule has 0 fully saturated rings. The number of hydrogen-bond acceptors (Lipinski definition) is 6. The Bertz CT molecular complexity index is 918. The number of nitrogens with zero attached hydrogens (tertiary/aromatic N) is 5. The van der Waals surface area contributed by atoms with E-state index in [4.69, 9.17) is 4.42 Å². The molecule has 8 heteroatoms. The maximum Gasteiger partial charge on any atom is 0.239 e. The van der Waals surface area contributed by atoms with Crippen molar-refractivity contribution in [2.45, 2.75) is 39.8 Å². The van der Waals surface area contributed by atoms with Gasteiger partial charge in [-0.2, -0.15) is 5.21 Å². The Morgan fingerprint density at radius 3 is 2.74 bits per heavy atom. The maximum atomic E-state index is 12.7. The molecule has 1 unspecified atom stereocenters. The average Bonchev–Trinajstić information content (AvgIpc) is 3.28. The molecular weight excluding hydrogens is 344 g/mol. The quantitative estimate of drug-likeness (QED) is 0.685. The van der Waals surface area contributed by atoms with Gasteiger partial charge in [-0.15, -0.1) is 10.2 Å². The van der Waals surface area contributed by atoms with E-state index in [9.17, 15) is 4.79 Å². The molecule has 0 bridgehead atoms. The van der Waals surface area contributed by atoms with Gasteiger partial charge in [-0.25, -0.2) is 0 Å². The Morgan fingerprint density at radius 2 is 2.07 bits per heavy atom. The number of H-pyrrole nitrogens is 1. The van der Waals surface area contributed by atoms with Crippen LogP contribution in [0.2, 0.25) is 0 Å². The van der Waals surface area contributed by atoms with Gasteiger partial charge in [0.1, 0.15) is 11.3 Å². The molecule has 27 heavy (non-hydrogen) atoms. The van der Waals surface area contributed by atoms with E-state index >= 15 is 0 Å². The molecule has 0 aliphatic carbocycles. The molecule has 0 radical (unpaired) electrons. The molecule has 2 heterocycles. The van der Waals surface area contributed by atoms with Gasteiger partial charge in [-0.05, 0) is 38.9 Å². The number of hydrogen-bond donors (Lipinski definition) is 1. The van der Waals surface area contributed by atoms with Gasteiger partial charge in [0, 0.05) is 25.4 Å². The smallest absolute Gasteiger partial charge is 0.239 e. The Morgan fingerprint density at radius 1 is 1.30 bits per heavy atom. The second-order valence-corrected chi connectivity index (χ2v) is 7.03. The average molecular weight is 370 g/mol. The van der Waals surface area contributed by atoms with E-state index < -0.39 is 0 Å². The lowest BCUT2D eigenvalue weighted by molar-refractivity contribution is -0.134. The van der Waals surface area contributed by atoms with Crippen LogP contribution in [0.4, 0.5) is 0 Å². The van der Waals surface area contributed by atoms with Crippen LogP contribution in [-0.2, 0) is 17.8 Å². The first-order valence-corrected chi connectivity index (χ1v) is 9.03. The normalized spacial score (nSPS) is 12.7. The molecule has 1 aromatic carbocycles. The van der Waals surface area contributed by atoms with Gasteiger partial charge < -0.3 is 9.32 Å². The predicted octanol–water partition coefficient (Wildman–Crippen LogP) is 2.08. The molecule has 0 aliphatic heterocycles. The van der Waals surface area contributed by atoms with Crippen LogP contribution in [0.1, 0.15) is 29.6 Å². The molecule has 0 saturated heterocycles. The molecule has 0 saturated carbocycles. The Hall–Kier alpha value is -2.74. The van der Waals surface area contributed by atoms with Gasteiger partial charge in [-0.3, -0.25) is 9.69 Å². The number of aromatic nitrogens is 4. The number of likely N-dealkylation sites (N-methyl/N-ethyl adjacent to an activating group) is 2. The van der Waals surface area contributed by atoms with Gasteiger partial charge in [-0.1, -0.05) is 23.4 Å². The standard InChI is InChI=1S/C19H26N6O2/c1-12-7-6-8-15-13(2)16(27-18(12)15)11-25(5)14(3)19(26)24(4)10-9-17-20-22-23-21-17/h6-8,14H,9-11H2,1-5H3,(H,20,21,22,23). The van der Waals surface area contributed by atoms with Crippen molar-refractivity contribution in [2.75, 3.05) is 20.6 Å². The van der Waals surface area contributed by atoms with Crippen LogP contribution in [0.3, 0.4) is 0 Å². The minimum absolute atomic E-state index is 0.0472. The van der Waals surface area contributed by atoms with Crippen molar-refractivity contribution in [3.63, 3.8) is 0 Å². The molecule has 3 rings (SSSR count). The van der Waals surface area contributed by atoms with E-state index in [-0.39, 0.29) is 11.9 Å². The number of furan rings is 1. The van der Waals surface area contributed by atoms with Crippen molar-refractivity contribution >= 4 is 16.9 Å². The minimum Gasteiger partial charge on any atom is -0.459 e. The monoisotopic (exact) mass is 370 g/mol. The number of carbonyl (C=O) groups excluding carboxylic acids is 1. The highest BCUT2D eigenvalue weighted by Crippen LogP contribution is 2.28. The van der Waals surface area contributed by atoms with Gasteiger partial charge >= 0.3 is 0 Å². The van der Waals surface area contributed by atoms with Crippen LogP contribution in [-0.4, -0.2) is 63.0 Å². The molecule has 8 nitrogen and oxygen atoms in total. The summed E-state index contributed by atoms with van der Waals surface area (Å²) in [5.74, 6) is 1.55. The van der Waals surface area contributed by atoms with Crippen LogP contribution < -0.4 is 0 Å². The summed E-state index contributed by atoms with van der Waals surface area (Å²) in [5, 5.41) is 14.9. The lowest BCUT2D eigenvalue weighted by atomic mass is 10.1. The summed E-state index contributed by atoms with van der Waals surface area (Å²) in [7, 11) is 3.73. The fraction of sp³-hybridized carbons (Fsp3) is 0.474. The van der Waals surface area contributed by atoms with Gasteiger partial charge in [0.05, 0.1) is 12.6 Å². The number of amides is 1. The first kappa shape index (κ1) is 19.0. The summed E-state index contributed by atoms with van der Waals surface area (Å²) < 4.78 is 6.09.